The van der Waals surface area contributed by atoms with Crippen LogP contribution in [0.5, 0.6) is 0 Å². The first-order valence-electron chi connectivity index (χ1n) is 7.51. The number of thiophene rings is 1. The number of benzene rings is 1. The van der Waals surface area contributed by atoms with Crippen molar-refractivity contribution in [2.45, 2.75) is 13.0 Å². The topological polar surface area (TPSA) is 63.5 Å². The Morgan fingerprint density at radius 2 is 2.00 bits per heavy atom. The van der Waals surface area contributed by atoms with Crippen molar-refractivity contribution >= 4 is 22.9 Å². The van der Waals surface area contributed by atoms with Crippen LogP contribution in [-0.2, 0) is 13.0 Å². The molecule has 0 atom stereocenters. The van der Waals surface area contributed by atoms with Gasteiger partial charge in [0.15, 0.2) is 0 Å². The molecule has 0 amide bonds. The Balaban J connectivity index is 1.50. The molecular weight excluding hydrogens is 306 g/mol. The third-order valence-corrected chi connectivity index (χ3v) is 4.32. The van der Waals surface area contributed by atoms with Crippen molar-refractivity contribution in [2.24, 2.45) is 10.7 Å². The highest BCUT2D eigenvalue weighted by molar-refractivity contribution is 7.12. The summed E-state index contributed by atoms with van der Waals surface area (Å²) in [6.45, 7) is 1.66. The van der Waals surface area contributed by atoms with Gasteiger partial charge in [0.25, 0.3) is 0 Å². The van der Waals surface area contributed by atoms with Crippen molar-refractivity contribution in [2.75, 3.05) is 6.54 Å². The van der Waals surface area contributed by atoms with Crippen molar-refractivity contribution < 1.29 is 4.42 Å². The molecule has 0 aliphatic rings. The molecule has 23 heavy (non-hydrogen) atoms. The lowest BCUT2D eigenvalue weighted by atomic mass is 10.1. The predicted molar refractivity (Wildman–Crippen MR) is 95.3 cm³/mol. The SMILES string of the molecule is NC(=Nc1ccc(CCNCc2ccco2)cc1)c1cccs1. The Hall–Kier alpha value is -2.37. The highest BCUT2D eigenvalue weighted by atomic mass is 32.1. The van der Waals surface area contributed by atoms with Gasteiger partial charge in [0.1, 0.15) is 11.6 Å². The van der Waals surface area contributed by atoms with E-state index in [2.05, 4.69) is 22.4 Å². The first-order valence-corrected chi connectivity index (χ1v) is 8.39. The van der Waals surface area contributed by atoms with Crippen molar-refractivity contribution in [1.82, 2.24) is 5.32 Å². The van der Waals surface area contributed by atoms with Gasteiger partial charge in [-0.2, -0.15) is 0 Å². The average Bonchev–Trinajstić information content (AvgIpc) is 3.26. The van der Waals surface area contributed by atoms with E-state index >= 15 is 0 Å². The summed E-state index contributed by atoms with van der Waals surface area (Å²) in [7, 11) is 0. The van der Waals surface area contributed by atoms with E-state index in [0.717, 1.165) is 35.8 Å². The number of rotatable bonds is 7. The van der Waals surface area contributed by atoms with E-state index in [1.807, 2.05) is 41.8 Å². The highest BCUT2D eigenvalue weighted by Gasteiger charge is 2.00. The summed E-state index contributed by atoms with van der Waals surface area (Å²) in [6, 6.07) is 16.0. The number of furan rings is 1. The van der Waals surface area contributed by atoms with Crippen molar-refractivity contribution in [3.8, 4) is 0 Å². The third kappa shape index (κ3) is 4.55. The summed E-state index contributed by atoms with van der Waals surface area (Å²) in [4.78, 5) is 5.45. The van der Waals surface area contributed by atoms with Crippen LogP contribution in [0, 0.1) is 0 Å². The first-order chi connectivity index (χ1) is 11.3. The van der Waals surface area contributed by atoms with Gasteiger partial charge < -0.3 is 15.5 Å². The van der Waals surface area contributed by atoms with Crippen molar-refractivity contribution in [3.63, 3.8) is 0 Å². The Kier molecular flexibility index (Phi) is 5.24. The van der Waals surface area contributed by atoms with Gasteiger partial charge in [0.05, 0.1) is 23.4 Å². The maximum Gasteiger partial charge on any atom is 0.141 e. The smallest absolute Gasteiger partial charge is 0.141 e. The zero-order chi connectivity index (χ0) is 15.9. The van der Waals surface area contributed by atoms with E-state index in [1.54, 1.807) is 17.6 Å². The molecule has 3 N–H and O–H groups in total. The van der Waals surface area contributed by atoms with Gasteiger partial charge in [-0.05, 0) is 54.2 Å². The van der Waals surface area contributed by atoms with E-state index in [0.29, 0.717) is 5.84 Å². The Labute approximate surface area is 139 Å². The molecule has 0 fully saturated rings. The highest BCUT2D eigenvalue weighted by Crippen LogP contribution is 2.16. The molecular formula is C18H19N3OS. The summed E-state index contributed by atoms with van der Waals surface area (Å²) in [5, 5.41) is 5.36. The van der Waals surface area contributed by atoms with Crippen LogP contribution in [0.2, 0.25) is 0 Å². The number of amidine groups is 1. The van der Waals surface area contributed by atoms with Crippen LogP contribution in [-0.4, -0.2) is 12.4 Å². The summed E-state index contributed by atoms with van der Waals surface area (Å²) in [5.74, 6) is 1.52. The van der Waals surface area contributed by atoms with E-state index in [-0.39, 0.29) is 0 Å². The van der Waals surface area contributed by atoms with Crippen LogP contribution in [0.15, 0.2) is 69.6 Å². The molecule has 0 bridgehead atoms. The summed E-state index contributed by atoms with van der Waals surface area (Å²) < 4.78 is 5.28. The van der Waals surface area contributed by atoms with E-state index in [4.69, 9.17) is 10.2 Å². The first kappa shape index (κ1) is 15.5. The van der Waals surface area contributed by atoms with Crippen molar-refractivity contribution in [3.05, 3.63) is 76.4 Å². The number of hydrogen-bond donors (Lipinski definition) is 2. The monoisotopic (exact) mass is 325 g/mol. The molecule has 5 heteroatoms. The minimum absolute atomic E-state index is 0.563. The van der Waals surface area contributed by atoms with E-state index < -0.39 is 0 Å². The molecule has 3 rings (SSSR count). The molecule has 2 heterocycles. The van der Waals surface area contributed by atoms with Gasteiger partial charge in [-0.3, -0.25) is 0 Å². The standard InChI is InChI=1S/C18H19N3OS/c19-18(17-4-2-12-23-17)21-15-7-5-14(6-8-15)9-10-20-13-16-3-1-11-22-16/h1-8,11-12,20H,9-10,13H2,(H2,19,21). The van der Waals surface area contributed by atoms with E-state index in [1.165, 1.54) is 5.56 Å². The zero-order valence-corrected chi connectivity index (χ0v) is 13.6. The summed E-state index contributed by atoms with van der Waals surface area (Å²) in [6.07, 6.45) is 2.66. The maximum atomic E-state index is 6.00. The Bertz CT molecular complexity index is 731. The number of nitrogens with zero attached hydrogens (tertiary/aromatic N) is 1. The molecule has 3 aromatic rings. The number of aliphatic imine (C=N–C) groups is 1. The lowest BCUT2D eigenvalue weighted by Gasteiger charge is -2.04. The second kappa shape index (κ2) is 7.76. The molecule has 0 unspecified atom stereocenters. The Morgan fingerprint density at radius 1 is 1.13 bits per heavy atom. The lowest BCUT2D eigenvalue weighted by Crippen LogP contribution is -2.16. The van der Waals surface area contributed by atoms with Gasteiger partial charge in [-0.25, -0.2) is 4.99 Å². The fourth-order valence-corrected chi connectivity index (χ4v) is 2.84. The normalized spacial score (nSPS) is 11.7. The van der Waals surface area contributed by atoms with Crippen LogP contribution in [0.25, 0.3) is 0 Å². The van der Waals surface area contributed by atoms with Gasteiger partial charge in [-0.15, -0.1) is 11.3 Å². The molecule has 0 spiro atoms. The number of nitrogens with one attached hydrogen (secondary N) is 1. The van der Waals surface area contributed by atoms with Crippen LogP contribution in [0.4, 0.5) is 5.69 Å². The zero-order valence-electron chi connectivity index (χ0n) is 12.7. The minimum Gasteiger partial charge on any atom is -0.468 e. The van der Waals surface area contributed by atoms with E-state index in [9.17, 15) is 0 Å². The molecule has 0 radical (unpaired) electrons. The van der Waals surface area contributed by atoms with Crippen LogP contribution in [0.1, 0.15) is 16.2 Å². The molecule has 0 saturated heterocycles. The fraction of sp³-hybridized carbons (Fsp3) is 0.167. The number of nitrogens with two attached hydrogens (primary N) is 1. The third-order valence-electron chi connectivity index (χ3n) is 3.43. The molecule has 4 nitrogen and oxygen atoms in total. The van der Waals surface area contributed by atoms with Gasteiger partial charge in [0, 0.05) is 0 Å². The second-order valence-corrected chi connectivity index (χ2v) is 6.09. The average molecular weight is 325 g/mol. The van der Waals surface area contributed by atoms with Gasteiger partial charge in [0.2, 0.25) is 0 Å². The fourth-order valence-electron chi connectivity index (χ4n) is 2.21. The molecule has 1 aromatic carbocycles. The summed E-state index contributed by atoms with van der Waals surface area (Å²) in [5.41, 5.74) is 8.14. The van der Waals surface area contributed by atoms with Crippen LogP contribution < -0.4 is 11.1 Å². The van der Waals surface area contributed by atoms with Gasteiger partial charge >= 0.3 is 0 Å². The van der Waals surface area contributed by atoms with Gasteiger partial charge in [-0.1, -0.05) is 18.2 Å². The molecule has 0 saturated carbocycles. The molecule has 118 valence electrons. The molecule has 2 aromatic heterocycles. The van der Waals surface area contributed by atoms with Crippen molar-refractivity contribution in [1.29, 1.82) is 0 Å². The number of hydrogen-bond acceptors (Lipinski definition) is 4. The quantitative estimate of drug-likeness (QED) is 0.395. The minimum atomic E-state index is 0.563. The second-order valence-electron chi connectivity index (χ2n) is 5.15. The summed E-state index contributed by atoms with van der Waals surface area (Å²) >= 11 is 1.59. The molecule has 0 aliphatic carbocycles. The van der Waals surface area contributed by atoms with Crippen LogP contribution >= 0.6 is 11.3 Å². The predicted octanol–water partition coefficient (Wildman–Crippen LogP) is 3.71. The van der Waals surface area contributed by atoms with Crippen LogP contribution in [0.3, 0.4) is 0 Å². The lowest BCUT2D eigenvalue weighted by molar-refractivity contribution is 0.484. The maximum absolute atomic E-state index is 6.00. The Morgan fingerprint density at radius 3 is 2.70 bits per heavy atom. The largest absolute Gasteiger partial charge is 0.468 e. The molecule has 0 aliphatic heterocycles.